The van der Waals surface area contributed by atoms with Crippen molar-refractivity contribution in [3.63, 3.8) is 0 Å². The van der Waals surface area contributed by atoms with E-state index in [1.54, 1.807) is 0 Å². The maximum Gasteiger partial charge on any atom is 0.175 e. The summed E-state index contributed by atoms with van der Waals surface area (Å²) in [5.41, 5.74) is 1.55. The summed E-state index contributed by atoms with van der Waals surface area (Å²) < 4.78 is 12.4. The molecular weight excluding hydrogens is 318 g/mol. The van der Waals surface area contributed by atoms with E-state index >= 15 is 0 Å². The van der Waals surface area contributed by atoms with Crippen molar-refractivity contribution in [3.05, 3.63) is 22.2 Å². The highest BCUT2D eigenvalue weighted by Gasteiger charge is 2.17. The molecule has 0 aromatic heterocycles. The molecule has 0 saturated heterocycles. The lowest BCUT2D eigenvalue weighted by molar-refractivity contribution is 0.296. The zero-order valence-corrected chi connectivity index (χ0v) is 14.2. The Morgan fingerprint density at radius 1 is 1.25 bits per heavy atom. The number of ether oxygens (including phenoxy) is 2. The lowest BCUT2D eigenvalue weighted by Crippen LogP contribution is -2.28. The van der Waals surface area contributed by atoms with E-state index in [9.17, 15) is 0 Å². The molecule has 0 fully saturated rings. The fraction of sp³-hybridized carbons (Fsp3) is 0.625. The van der Waals surface area contributed by atoms with Crippen molar-refractivity contribution in [2.45, 2.75) is 40.2 Å². The highest BCUT2D eigenvalue weighted by atomic mass is 79.9. The van der Waals surface area contributed by atoms with Crippen molar-refractivity contribution >= 4 is 15.9 Å². The lowest BCUT2D eigenvalue weighted by atomic mass is 9.90. The molecule has 2 rings (SSSR count). The van der Waals surface area contributed by atoms with Gasteiger partial charge in [-0.05, 0) is 45.5 Å². The van der Waals surface area contributed by atoms with E-state index in [0.717, 1.165) is 42.1 Å². The predicted octanol–water partition coefficient (Wildman–Crippen LogP) is 4.14. The van der Waals surface area contributed by atoms with Crippen molar-refractivity contribution < 1.29 is 9.47 Å². The molecule has 20 heavy (non-hydrogen) atoms. The minimum Gasteiger partial charge on any atom is -0.490 e. The molecule has 3 nitrogen and oxygen atoms in total. The first kappa shape index (κ1) is 15.6. The first-order chi connectivity index (χ1) is 9.52. The number of nitrogens with one attached hydrogen (secondary N) is 1. The van der Waals surface area contributed by atoms with E-state index in [1.807, 2.05) is 0 Å². The average molecular weight is 342 g/mol. The second-order valence-corrected chi connectivity index (χ2v) is 6.93. The van der Waals surface area contributed by atoms with E-state index in [0.29, 0.717) is 12.0 Å². The summed E-state index contributed by atoms with van der Waals surface area (Å²) >= 11 is 3.58. The van der Waals surface area contributed by atoms with Crippen molar-refractivity contribution in [1.29, 1.82) is 0 Å². The summed E-state index contributed by atoms with van der Waals surface area (Å²) in [6.07, 6.45) is 2.10. The summed E-state index contributed by atoms with van der Waals surface area (Å²) in [5.74, 6) is 1.68. The second kappa shape index (κ2) is 6.81. The second-order valence-electron chi connectivity index (χ2n) is 6.08. The zero-order valence-electron chi connectivity index (χ0n) is 12.6. The SMILES string of the molecule is CCC(C)(C)CNCc1cc(Br)c2c(c1)OCCCO2. The Balaban J connectivity index is 2.02. The molecule has 0 amide bonds. The van der Waals surface area contributed by atoms with Gasteiger partial charge in [0, 0.05) is 19.5 Å². The number of hydrogen-bond acceptors (Lipinski definition) is 3. The van der Waals surface area contributed by atoms with Gasteiger partial charge in [0.05, 0.1) is 17.7 Å². The van der Waals surface area contributed by atoms with Gasteiger partial charge >= 0.3 is 0 Å². The fourth-order valence-corrected chi connectivity index (χ4v) is 2.66. The first-order valence-corrected chi connectivity index (χ1v) is 8.10. The van der Waals surface area contributed by atoms with E-state index < -0.39 is 0 Å². The third-order valence-electron chi connectivity index (χ3n) is 3.75. The molecule has 0 bridgehead atoms. The molecule has 4 heteroatoms. The van der Waals surface area contributed by atoms with Gasteiger partial charge in [-0.15, -0.1) is 0 Å². The molecule has 1 aliphatic heterocycles. The zero-order chi connectivity index (χ0) is 14.6. The van der Waals surface area contributed by atoms with Gasteiger partial charge < -0.3 is 14.8 Å². The normalized spacial score (nSPS) is 15.0. The molecule has 0 aliphatic carbocycles. The Kier molecular flexibility index (Phi) is 5.33. The topological polar surface area (TPSA) is 30.5 Å². The Bertz CT molecular complexity index is 460. The highest BCUT2D eigenvalue weighted by molar-refractivity contribution is 9.10. The molecule has 1 aromatic carbocycles. The maximum atomic E-state index is 5.76. The fourth-order valence-electron chi connectivity index (χ4n) is 2.06. The summed E-state index contributed by atoms with van der Waals surface area (Å²) in [4.78, 5) is 0. The molecule has 0 spiro atoms. The maximum absolute atomic E-state index is 5.76. The Morgan fingerprint density at radius 2 is 2.00 bits per heavy atom. The van der Waals surface area contributed by atoms with Crippen LogP contribution in [0.5, 0.6) is 11.5 Å². The van der Waals surface area contributed by atoms with Crippen molar-refractivity contribution in [1.82, 2.24) is 5.32 Å². The van der Waals surface area contributed by atoms with Gasteiger partial charge in [-0.1, -0.05) is 20.8 Å². The summed E-state index contributed by atoms with van der Waals surface area (Å²) in [6.45, 7) is 10.1. The minimum absolute atomic E-state index is 0.336. The number of benzene rings is 1. The molecule has 1 N–H and O–H groups in total. The van der Waals surface area contributed by atoms with Crippen LogP contribution in [0.3, 0.4) is 0 Å². The van der Waals surface area contributed by atoms with Gasteiger partial charge in [-0.3, -0.25) is 0 Å². The van der Waals surface area contributed by atoms with Crippen LogP contribution in [0.4, 0.5) is 0 Å². The van der Waals surface area contributed by atoms with Gasteiger partial charge in [0.25, 0.3) is 0 Å². The van der Waals surface area contributed by atoms with Crippen LogP contribution in [0.25, 0.3) is 0 Å². The third-order valence-corrected chi connectivity index (χ3v) is 4.34. The number of fused-ring (bicyclic) bond motifs is 1. The number of hydrogen-bond donors (Lipinski definition) is 1. The van der Waals surface area contributed by atoms with Crippen LogP contribution in [0.15, 0.2) is 16.6 Å². The standard InChI is InChI=1S/C16H24BrNO2/c1-4-16(2,3)11-18-10-12-8-13(17)15-14(9-12)19-6-5-7-20-15/h8-9,18H,4-7,10-11H2,1-3H3. The van der Waals surface area contributed by atoms with E-state index in [2.05, 4.69) is 54.2 Å². The van der Waals surface area contributed by atoms with Crippen LogP contribution < -0.4 is 14.8 Å². The molecule has 0 saturated carbocycles. The largest absolute Gasteiger partial charge is 0.490 e. The number of halogens is 1. The van der Waals surface area contributed by atoms with E-state index in [1.165, 1.54) is 12.0 Å². The molecule has 0 unspecified atom stereocenters. The van der Waals surface area contributed by atoms with Crippen LogP contribution in [-0.2, 0) is 6.54 Å². The predicted molar refractivity (Wildman–Crippen MR) is 85.5 cm³/mol. The van der Waals surface area contributed by atoms with Gasteiger partial charge in [0.2, 0.25) is 0 Å². The molecule has 1 aromatic rings. The molecule has 112 valence electrons. The third kappa shape index (κ3) is 4.13. The molecule has 0 atom stereocenters. The Labute approximate surface area is 130 Å². The lowest BCUT2D eigenvalue weighted by Gasteiger charge is -2.23. The van der Waals surface area contributed by atoms with Gasteiger partial charge in [-0.2, -0.15) is 0 Å². The van der Waals surface area contributed by atoms with Gasteiger partial charge in [0.15, 0.2) is 11.5 Å². The molecular formula is C16H24BrNO2. The Morgan fingerprint density at radius 3 is 2.75 bits per heavy atom. The summed E-state index contributed by atoms with van der Waals surface area (Å²) in [6, 6.07) is 4.19. The highest BCUT2D eigenvalue weighted by Crippen LogP contribution is 2.38. The smallest absolute Gasteiger partial charge is 0.175 e. The monoisotopic (exact) mass is 341 g/mol. The van der Waals surface area contributed by atoms with Crippen molar-refractivity contribution in [3.8, 4) is 11.5 Å². The van der Waals surface area contributed by atoms with Crippen LogP contribution in [0.1, 0.15) is 39.2 Å². The average Bonchev–Trinajstić information content (AvgIpc) is 2.64. The quantitative estimate of drug-likeness (QED) is 0.873. The first-order valence-electron chi connectivity index (χ1n) is 7.30. The van der Waals surface area contributed by atoms with Crippen LogP contribution in [0.2, 0.25) is 0 Å². The Hall–Kier alpha value is -0.740. The number of rotatable bonds is 5. The van der Waals surface area contributed by atoms with E-state index in [-0.39, 0.29) is 0 Å². The molecule has 0 radical (unpaired) electrons. The molecule has 1 aliphatic rings. The van der Waals surface area contributed by atoms with Crippen molar-refractivity contribution in [2.24, 2.45) is 5.41 Å². The molecule has 1 heterocycles. The van der Waals surface area contributed by atoms with Gasteiger partial charge in [0.1, 0.15) is 0 Å². The van der Waals surface area contributed by atoms with Crippen LogP contribution in [-0.4, -0.2) is 19.8 Å². The van der Waals surface area contributed by atoms with Crippen molar-refractivity contribution in [2.75, 3.05) is 19.8 Å². The van der Waals surface area contributed by atoms with Gasteiger partial charge in [-0.25, -0.2) is 0 Å². The summed E-state index contributed by atoms with van der Waals surface area (Å²) in [7, 11) is 0. The minimum atomic E-state index is 0.336. The van der Waals surface area contributed by atoms with Crippen LogP contribution in [0, 0.1) is 5.41 Å². The van der Waals surface area contributed by atoms with Crippen LogP contribution >= 0.6 is 15.9 Å². The van der Waals surface area contributed by atoms with E-state index in [4.69, 9.17) is 9.47 Å². The summed E-state index contributed by atoms with van der Waals surface area (Å²) in [5, 5.41) is 3.53.